The standard InChI is InChI=1S/C17H23Cl2N3O3S/c1-12(17(23)20-15-4-2-3-14(18)16(15)19)21-6-8-22(9-7-21)13-5-10-26(24,25)11-13/h2-4,12-13H,5-11H2,1H3,(H,20,23). The molecular formula is C17H23Cl2N3O3S. The average molecular weight is 420 g/mol. The van der Waals surface area contributed by atoms with Gasteiger partial charge < -0.3 is 5.32 Å². The molecule has 0 aromatic heterocycles. The van der Waals surface area contributed by atoms with Crippen LogP contribution in [0.2, 0.25) is 10.0 Å². The summed E-state index contributed by atoms with van der Waals surface area (Å²) in [6.07, 6.45) is 0.714. The first-order valence-corrected chi connectivity index (χ1v) is 11.3. The SMILES string of the molecule is CC(C(=O)Nc1cccc(Cl)c1Cl)N1CCN(C2CCS(=O)(=O)C2)CC1. The highest BCUT2D eigenvalue weighted by molar-refractivity contribution is 7.91. The Balaban J connectivity index is 1.54. The number of nitrogens with one attached hydrogen (secondary N) is 1. The van der Waals surface area contributed by atoms with Crippen molar-refractivity contribution in [3.05, 3.63) is 28.2 Å². The maximum atomic E-state index is 12.6. The number of rotatable bonds is 4. The number of anilines is 1. The molecule has 1 amide bonds. The zero-order valence-electron chi connectivity index (χ0n) is 14.6. The van der Waals surface area contributed by atoms with Crippen LogP contribution in [0.3, 0.4) is 0 Å². The summed E-state index contributed by atoms with van der Waals surface area (Å²) in [5.74, 6) is 0.416. The molecule has 1 N–H and O–H groups in total. The summed E-state index contributed by atoms with van der Waals surface area (Å²) in [4.78, 5) is 16.9. The summed E-state index contributed by atoms with van der Waals surface area (Å²) in [7, 11) is -2.87. The molecule has 6 nitrogen and oxygen atoms in total. The van der Waals surface area contributed by atoms with Crippen LogP contribution < -0.4 is 5.32 Å². The van der Waals surface area contributed by atoms with Gasteiger partial charge in [0.2, 0.25) is 5.91 Å². The molecule has 0 saturated carbocycles. The quantitative estimate of drug-likeness (QED) is 0.808. The summed E-state index contributed by atoms with van der Waals surface area (Å²) in [5.41, 5.74) is 0.505. The molecule has 0 spiro atoms. The lowest BCUT2D eigenvalue weighted by Crippen LogP contribution is -2.55. The van der Waals surface area contributed by atoms with E-state index in [0.29, 0.717) is 22.2 Å². The van der Waals surface area contributed by atoms with Crippen molar-refractivity contribution in [3.8, 4) is 0 Å². The van der Waals surface area contributed by atoms with Gasteiger partial charge in [0.1, 0.15) is 0 Å². The van der Waals surface area contributed by atoms with Gasteiger partial charge in [0, 0.05) is 32.2 Å². The van der Waals surface area contributed by atoms with Crippen molar-refractivity contribution in [1.82, 2.24) is 9.80 Å². The van der Waals surface area contributed by atoms with Crippen LogP contribution in [-0.2, 0) is 14.6 Å². The van der Waals surface area contributed by atoms with Crippen molar-refractivity contribution >= 4 is 44.6 Å². The van der Waals surface area contributed by atoms with Crippen LogP contribution in [0.4, 0.5) is 5.69 Å². The molecule has 3 rings (SSSR count). The predicted molar refractivity (Wildman–Crippen MR) is 105 cm³/mol. The molecule has 0 bridgehead atoms. The first-order valence-electron chi connectivity index (χ1n) is 8.70. The summed E-state index contributed by atoms with van der Waals surface area (Å²) < 4.78 is 23.3. The zero-order chi connectivity index (χ0) is 18.9. The molecule has 144 valence electrons. The summed E-state index contributed by atoms with van der Waals surface area (Å²) in [5, 5.41) is 3.57. The first-order chi connectivity index (χ1) is 12.3. The van der Waals surface area contributed by atoms with E-state index in [1.54, 1.807) is 18.2 Å². The molecule has 1 aromatic rings. The second-order valence-electron chi connectivity index (χ2n) is 6.90. The van der Waals surface area contributed by atoms with Gasteiger partial charge in [-0.15, -0.1) is 0 Å². The molecule has 2 aliphatic rings. The van der Waals surface area contributed by atoms with E-state index in [9.17, 15) is 13.2 Å². The van der Waals surface area contributed by atoms with Crippen molar-refractivity contribution in [1.29, 1.82) is 0 Å². The van der Waals surface area contributed by atoms with E-state index in [-0.39, 0.29) is 29.5 Å². The van der Waals surface area contributed by atoms with Crippen LogP contribution in [0.5, 0.6) is 0 Å². The molecule has 1 aromatic carbocycles. The van der Waals surface area contributed by atoms with Crippen LogP contribution in [0, 0.1) is 0 Å². The Morgan fingerprint density at radius 1 is 1.23 bits per heavy atom. The average Bonchev–Trinajstić information content (AvgIpc) is 2.98. The Hall–Kier alpha value is -0.860. The first kappa shape index (κ1) is 19.9. The van der Waals surface area contributed by atoms with Gasteiger partial charge in [-0.2, -0.15) is 0 Å². The van der Waals surface area contributed by atoms with Gasteiger partial charge in [0.25, 0.3) is 0 Å². The molecule has 2 atom stereocenters. The van der Waals surface area contributed by atoms with Crippen molar-refractivity contribution in [3.63, 3.8) is 0 Å². The van der Waals surface area contributed by atoms with E-state index in [2.05, 4.69) is 15.1 Å². The highest BCUT2D eigenvalue weighted by atomic mass is 35.5. The van der Waals surface area contributed by atoms with Crippen LogP contribution in [0.25, 0.3) is 0 Å². The lowest BCUT2D eigenvalue weighted by Gasteiger charge is -2.39. The van der Waals surface area contributed by atoms with Gasteiger partial charge in [-0.25, -0.2) is 8.42 Å². The molecule has 9 heteroatoms. The van der Waals surface area contributed by atoms with Gasteiger partial charge in [0.15, 0.2) is 9.84 Å². The minimum absolute atomic E-state index is 0.122. The Labute approximate surface area is 164 Å². The topological polar surface area (TPSA) is 69.7 Å². The largest absolute Gasteiger partial charge is 0.323 e. The van der Waals surface area contributed by atoms with Crippen LogP contribution in [0.1, 0.15) is 13.3 Å². The van der Waals surface area contributed by atoms with E-state index in [4.69, 9.17) is 23.2 Å². The van der Waals surface area contributed by atoms with Gasteiger partial charge in [-0.3, -0.25) is 14.6 Å². The summed E-state index contributed by atoms with van der Waals surface area (Å²) >= 11 is 12.1. The molecule has 2 fully saturated rings. The number of sulfone groups is 1. The molecule has 26 heavy (non-hydrogen) atoms. The maximum absolute atomic E-state index is 12.6. The van der Waals surface area contributed by atoms with E-state index in [1.807, 2.05) is 6.92 Å². The molecular weight excluding hydrogens is 397 g/mol. The van der Waals surface area contributed by atoms with E-state index in [0.717, 1.165) is 26.2 Å². The van der Waals surface area contributed by atoms with Crippen molar-refractivity contribution in [2.75, 3.05) is 43.0 Å². The Kier molecular flexibility index (Phi) is 6.14. The lowest BCUT2D eigenvalue weighted by molar-refractivity contribution is -0.121. The molecule has 0 radical (unpaired) electrons. The van der Waals surface area contributed by atoms with E-state index < -0.39 is 9.84 Å². The highest BCUT2D eigenvalue weighted by Crippen LogP contribution is 2.29. The van der Waals surface area contributed by atoms with Crippen molar-refractivity contribution in [2.24, 2.45) is 0 Å². The monoisotopic (exact) mass is 419 g/mol. The number of amides is 1. The van der Waals surface area contributed by atoms with E-state index in [1.165, 1.54) is 0 Å². The third-order valence-electron chi connectivity index (χ3n) is 5.21. The van der Waals surface area contributed by atoms with E-state index >= 15 is 0 Å². The number of hydrogen-bond donors (Lipinski definition) is 1. The molecule has 2 unspecified atom stereocenters. The normalized spacial score (nSPS) is 25.1. The number of benzene rings is 1. The Morgan fingerprint density at radius 2 is 1.92 bits per heavy atom. The lowest BCUT2D eigenvalue weighted by atomic mass is 10.1. The number of carbonyl (C=O) groups excluding carboxylic acids is 1. The zero-order valence-corrected chi connectivity index (χ0v) is 16.9. The predicted octanol–water partition coefficient (Wildman–Crippen LogP) is 2.13. The molecule has 2 aliphatic heterocycles. The summed E-state index contributed by atoms with van der Waals surface area (Å²) in [6, 6.07) is 4.95. The van der Waals surface area contributed by atoms with Gasteiger partial charge in [-0.05, 0) is 25.5 Å². The molecule has 2 heterocycles. The highest BCUT2D eigenvalue weighted by Gasteiger charge is 2.35. The fraction of sp³-hybridized carbons (Fsp3) is 0.588. The number of nitrogens with zero attached hydrogens (tertiary/aromatic N) is 2. The second kappa shape index (κ2) is 8.02. The second-order valence-corrected chi connectivity index (χ2v) is 9.91. The van der Waals surface area contributed by atoms with Crippen molar-refractivity contribution in [2.45, 2.75) is 25.4 Å². The number of hydrogen-bond acceptors (Lipinski definition) is 5. The molecule has 2 saturated heterocycles. The van der Waals surface area contributed by atoms with Crippen LogP contribution in [0.15, 0.2) is 18.2 Å². The molecule has 0 aliphatic carbocycles. The van der Waals surface area contributed by atoms with Gasteiger partial charge >= 0.3 is 0 Å². The minimum Gasteiger partial charge on any atom is -0.323 e. The number of carbonyl (C=O) groups is 1. The Morgan fingerprint density at radius 3 is 2.54 bits per heavy atom. The van der Waals surface area contributed by atoms with Gasteiger partial charge in [-0.1, -0.05) is 29.3 Å². The van der Waals surface area contributed by atoms with Crippen LogP contribution >= 0.6 is 23.2 Å². The third-order valence-corrected chi connectivity index (χ3v) is 7.78. The van der Waals surface area contributed by atoms with Crippen LogP contribution in [-0.4, -0.2) is 73.9 Å². The number of halogens is 2. The van der Waals surface area contributed by atoms with Crippen molar-refractivity contribution < 1.29 is 13.2 Å². The maximum Gasteiger partial charge on any atom is 0.241 e. The summed E-state index contributed by atoms with van der Waals surface area (Å²) in [6.45, 7) is 4.87. The minimum atomic E-state index is -2.87. The fourth-order valence-electron chi connectivity index (χ4n) is 3.56. The fourth-order valence-corrected chi connectivity index (χ4v) is 5.67. The Bertz CT molecular complexity index is 779. The van der Waals surface area contributed by atoms with Gasteiger partial charge in [0.05, 0.1) is 33.3 Å². The number of piperazine rings is 1. The third kappa shape index (κ3) is 4.51. The smallest absolute Gasteiger partial charge is 0.241 e.